The zero-order valence-corrected chi connectivity index (χ0v) is 42.1. The van der Waals surface area contributed by atoms with Crippen molar-refractivity contribution >= 4 is 66.9 Å². The van der Waals surface area contributed by atoms with E-state index >= 15 is 0 Å². The van der Waals surface area contributed by atoms with Crippen molar-refractivity contribution in [2.24, 2.45) is 17.8 Å². The van der Waals surface area contributed by atoms with E-state index in [0.29, 0.717) is 19.3 Å². The number of amides is 7. The van der Waals surface area contributed by atoms with Gasteiger partial charge in [0.1, 0.15) is 6.61 Å². The number of likely N-dealkylation sites (tertiary alicyclic amines) is 1. The van der Waals surface area contributed by atoms with Gasteiger partial charge in [0.25, 0.3) is 0 Å². The van der Waals surface area contributed by atoms with Crippen LogP contribution in [0.2, 0.25) is 5.32 Å². The van der Waals surface area contributed by atoms with E-state index in [2.05, 4.69) is 31.9 Å². The molecule has 1 aliphatic carbocycles. The Morgan fingerprint density at radius 1 is 0.725 bits per heavy atom. The molecule has 1 aliphatic heterocycles. The van der Waals surface area contributed by atoms with Gasteiger partial charge in [-0.25, -0.2) is 4.79 Å². The summed E-state index contributed by atoms with van der Waals surface area (Å²) in [7, 11) is 0. The normalized spacial score (nSPS) is 16.7. The number of carbonyl (C=O) groups excluding carboxylic acids is 7. The van der Waals surface area contributed by atoms with E-state index in [9.17, 15) is 43.5 Å². The number of carboxylic acid groups (broad SMARTS) is 1. The van der Waals surface area contributed by atoms with Gasteiger partial charge in [-0.2, -0.15) is 0 Å². The Morgan fingerprint density at radius 2 is 1.32 bits per heavy atom. The first-order valence-electron chi connectivity index (χ1n) is 23.7. The van der Waals surface area contributed by atoms with E-state index in [0.717, 1.165) is 26.7 Å². The van der Waals surface area contributed by atoms with Crippen LogP contribution < -0.4 is 36.4 Å². The van der Waals surface area contributed by atoms with Gasteiger partial charge in [0, 0.05) is 5.92 Å². The van der Waals surface area contributed by atoms with E-state index in [1.807, 2.05) is 99.6 Å². The molecule has 17 nitrogen and oxygen atoms in total. The van der Waals surface area contributed by atoms with Crippen LogP contribution in [-0.4, -0.2) is 128 Å². The van der Waals surface area contributed by atoms with E-state index in [-0.39, 0.29) is 57.6 Å². The van der Waals surface area contributed by atoms with Crippen LogP contribution in [0.1, 0.15) is 91.2 Å². The third-order valence-corrected chi connectivity index (χ3v) is 14.8. The summed E-state index contributed by atoms with van der Waals surface area (Å²) in [6.45, 7) is 12.0. The van der Waals surface area contributed by atoms with Crippen LogP contribution in [0.25, 0.3) is 11.1 Å². The fraction of sp³-hybridized carbons (Fsp3) is 0.490. The summed E-state index contributed by atoms with van der Waals surface area (Å²) in [5.41, 5.74) is 4.26. The number of nitrogens with one attached hydrogen (secondary N) is 6. The molecule has 5 rings (SSSR count). The van der Waals surface area contributed by atoms with Gasteiger partial charge >= 0.3 is 309 Å². The second-order valence-electron chi connectivity index (χ2n) is 18.5. The van der Waals surface area contributed by atoms with E-state index in [1.165, 1.54) is 11.8 Å². The molecule has 7 N–H and O–H groups in total. The summed E-state index contributed by atoms with van der Waals surface area (Å²) in [4.78, 5) is 109. The Morgan fingerprint density at radius 3 is 1.91 bits per heavy atom. The number of rotatable bonds is 23. The van der Waals surface area contributed by atoms with Gasteiger partial charge in [0.2, 0.25) is 0 Å². The monoisotopic (exact) mass is 1020 g/mol. The molecule has 69 heavy (non-hydrogen) atoms. The molecule has 372 valence electrons. The molecule has 0 saturated carbocycles. The zero-order valence-electron chi connectivity index (χ0n) is 40.4. The quantitative estimate of drug-likeness (QED) is 0.0685. The number of fused-ring (bicyclic) bond motifs is 3. The number of carboxylic acids is 1. The topological polar surface area (TPSA) is 241 Å². The van der Waals surface area contributed by atoms with Crippen molar-refractivity contribution in [1.29, 1.82) is 0 Å². The van der Waals surface area contributed by atoms with Crippen molar-refractivity contribution in [3.05, 3.63) is 90.0 Å². The molecule has 0 unspecified atom stereocenters. The smallest absolute Gasteiger partial charge is 0.480 e. The summed E-state index contributed by atoms with van der Waals surface area (Å²) < 4.78 is 6.55. The van der Waals surface area contributed by atoms with Crippen LogP contribution in [0, 0.1) is 17.8 Å². The second-order valence-corrected chi connectivity index (χ2v) is 20.8. The molecular weight excluding hydrogens is 950 g/mol. The van der Waals surface area contributed by atoms with Crippen LogP contribution in [0.15, 0.2) is 78.9 Å². The van der Waals surface area contributed by atoms with E-state index < -0.39 is 96.2 Å². The van der Waals surface area contributed by atoms with Crippen molar-refractivity contribution in [2.45, 2.75) is 122 Å². The first-order valence-corrected chi connectivity index (χ1v) is 25.8. The minimum atomic E-state index is -1.24. The molecule has 7 atom stereocenters. The summed E-state index contributed by atoms with van der Waals surface area (Å²) in [5, 5.41) is 25.7. The fourth-order valence-corrected chi connectivity index (χ4v) is 10.5. The first kappa shape index (κ1) is 53.7. The Bertz CT molecular complexity index is 2270. The van der Waals surface area contributed by atoms with Crippen LogP contribution in [0.3, 0.4) is 0 Å². The van der Waals surface area contributed by atoms with Gasteiger partial charge in [-0.3, -0.25) is 4.79 Å². The van der Waals surface area contributed by atoms with Gasteiger partial charge in [-0.05, 0) is 22.3 Å². The summed E-state index contributed by atoms with van der Waals surface area (Å²) in [5.74, 6) is -5.90. The molecule has 1 saturated heterocycles. The van der Waals surface area contributed by atoms with Crippen LogP contribution in [0.4, 0.5) is 4.79 Å². The molecule has 1 heterocycles. The number of hydrogen-bond acceptors (Lipinski definition) is 9. The van der Waals surface area contributed by atoms with Gasteiger partial charge in [-0.15, -0.1) is 0 Å². The molecule has 7 amide bonds. The molecule has 0 bridgehead atoms. The van der Waals surface area contributed by atoms with Gasteiger partial charge in [-0.1, -0.05) is 48.5 Å². The van der Waals surface area contributed by atoms with Crippen LogP contribution in [-0.2, 0) is 38.3 Å². The van der Waals surface area contributed by atoms with Gasteiger partial charge < -0.3 is 9.84 Å². The molecule has 2 aliphatic rings. The number of hydrogen-bond donors (Lipinski definition) is 7. The summed E-state index contributed by atoms with van der Waals surface area (Å²) in [6.07, 6.45) is 0.750. The zero-order chi connectivity index (χ0) is 50.4. The maximum absolute atomic E-state index is 14.3. The third-order valence-electron chi connectivity index (χ3n) is 12.5. The predicted molar refractivity (Wildman–Crippen MR) is 261 cm³/mol. The number of carbonyl (C=O) groups is 8. The number of ether oxygens (including phenoxy) is 1. The molecule has 3 aromatic carbocycles. The molecule has 0 radical (unpaired) electrons. The maximum atomic E-state index is 14.3. The summed E-state index contributed by atoms with van der Waals surface area (Å²) >= 11 is -0.307. The van der Waals surface area contributed by atoms with Crippen molar-refractivity contribution < 1.29 is 48.2 Å². The van der Waals surface area contributed by atoms with Crippen molar-refractivity contribution in [3.63, 3.8) is 0 Å². The van der Waals surface area contributed by atoms with Crippen molar-refractivity contribution in [3.8, 4) is 11.1 Å². The Kier molecular flexibility index (Phi) is 19.7. The van der Waals surface area contributed by atoms with Gasteiger partial charge in [0.05, 0.1) is 0 Å². The average molecular weight is 1020 g/mol. The minimum absolute atomic E-state index is 0.0354. The summed E-state index contributed by atoms with van der Waals surface area (Å²) in [6, 6.07) is 18.8. The Hall–Kier alpha value is -6.26. The number of benzene rings is 3. The second kappa shape index (κ2) is 25.4. The molecule has 0 spiro atoms. The number of nitrogens with zero attached hydrogens (tertiary/aromatic N) is 1. The first-order chi connectivity index (χ1) is 32.9. The van der Waals surface area contributed by atoms with Crippen molar-refractivity contribution in [1.82, 2.24) is 36.8 Å². The molecule has 18 heteroatoms. The van der Waals surface area contributed by atoms with Crippen LogP contribution in [0.5, 0.6) is 0 Å². The number of alkyl carbamates (subject to hydrolysis) is 1. The Balaban J connectivity index is 1.23. The van der Waals surface area contributed by atoms with E-state index in [1.54, 1.807) is 20.8 Å². The van der Waals surface area contributed by atoms with Crippen LogP contribution >= 0.6 is 0 Å². The minimum Gasteiger partial charge on any atom is -0.480 e. The average Bonchev–Trinajstić information content (AvgIpc) is 3.95. The number of aliphatic carboxylic acids is 1. The van der Waals surface area contributed by atoms with Crippen molar-refractivity contribution in [2.75, 3.05) is 19.7 Å². The predicted octanol–water partition coefficient (Wildman–Crippen LogP) is 3.24. The molecule has 3 aromatic rings. The fourth-order valence-electron chi connectivity index (χ4n) is 8.49. The van der Waals surface area contributed by atoms with E-state index in [4.69, 9.17) is 4.74 Å². The third kappa shape index (κ3) is 14.6. The molecule has 0 aromatic heterocycles. The molecular formula is C51H67N7O10Se. The standard InChI is InChI=1S/C51H67N7O10Se/c1-8-31(6)44(48(63)53-32(7)50(65)66)57-47(62)43(30(4)5)56-45(60)40(28-69-33-17-10-9-11-18-33)55-46(61)41-23-16-24-58(41)49(64)39(25-29(2)3)54-42(59)26-52-51(67)68-27-38-36-21-14-12-19-34(36)35-20-13-15-22-37(35)38/h9-15,17-22,29-32,38-41,43-44H,8,16,23-28H2,1-7H3,(H,52,67)(H,53,63)(H,54,59)(H,55,61)(H,56,60)(H,57,62)(H,65,66)/t31-,32-,39-,40-,41-,43-,44-/m0/s1. The SMILES string of the molecule is CC[C@H](C)[C@H](NC(=O)[C@@H](NC(=O)[C@H](C[Se]c1ccccc1)NC(=O)[C@@H]1CCCN1C(=O)[C@H](CC(C)C)NC(=O)CNC(=O)OCC1c2ccccc2-c2ccccc21)C(C)C)C(=O)N[C@@H](C)C(=O)O. The Labute approximate surface area is 410 Å². The van der Waals surface area contributed by atoms with Gasteiger partial charge in [0.15, 0.2) is 0 Å². The molecule has 1 fully saturated rings.